The predicted molar refractivity (Wildman–Crippen MR) is 173 cm³/mol. The van der Waals surface area contributed by atoms with Crippen molar-refractivity contribution in [3.63, 3.8) is 0 Å². The number of benzene rings is 2. The molecule has 6 rings (SSSR count). The zero-order valence-corrected chi connectivity index (χ0v) is 25.4. The van der Waals surface area contributed by atoms with E-state index in [1.807, 2.05) is 0 Å². The molecule has 1 aromatic heterocycles. The molecular formula is C36H38N6O2. The summed E-state index contributed by atoms with van der Waals surface area (Å²) in [5.41, 5.74) is 6.89. The van der Waals surface area contributed by atoms with E-state index in [-0.39, 0.29) is 18.4 Å². The first-order chi connectivity index (χ1) is 21.4. The SMILES string of the molecule is C=CC(=O)N1CCN(c2c(C#N)c(OC[C@@H]3CCC(=C)C3)nc3c2CCN(c2cccc4cccc(C)c24)C3)C[C@@H]1CC#N. The molecule has 2 fully saturated rings. The molecule has 2 aromatic carbocycles. The second-order valence-corrected chi connectivity index (χ2v) is 12.2. The van der Waals surface area contributed by atoms with Gasteiger partial charge < -0.3 is 19.4 Å². The Morgan fingerprint density at radius 2 is 1.95 bits per heavy atom. The number of carbonyl (C=O) groups excluding carboxylic acids is 1. The molecule has 0 unspecified atom stereocenters. The topological polar surface area (TPSA) is 96.5 Å². The van der Waals surface area contributed by atoms with Gasteiger partial charge in [0.05, 0.1) is 43.1 Å². The standard InChI is InChI=1S/C36H38N6O2/c1-4-33(43)42-18-17-41(21-28(42)13-15-37)35-29-14-16-40(32-10-6-9-27-8-5-7-25(3)34(27)32)22-31(29)39-36(30(35)20-38)44-23-26-12-11-24(2)19-26/h4-10,26,28H,1-2,11-14,16-19,21-23H2,3H3/t26-,28+/m1/s1. The zero-order valence-electron chi connectivity index (χ0n) is 25.4. The predicted octanol–water partition coefficient (Wildman–Crippen LogP) is 5.83. The van der Waals surface area contributed by atoms with Crippen molar-refractivity contribution in [1.29, 1.82) is 10.5 Å². The summed E-state index contributed by atoms with van der Waals surface area (Å²) < 4.78 is 6.39. The van der Waals surface area contributed by atoms with Crippen molar-refractivity contribution in [3.05, 3.63) is 83.6 Å². The first kappa shape index (κ1) is 29.3. The summed E-state index contributed by atoms with van der Waals surface area (Å²) in [4.78, 5) is 23.9. The van der Waals surface area contributed by atoms with E-state index in [2.05, 4.69) is 78.4 Å². The molecule has 0 bridgehead atoms. The smallest absolute Gasteiger partial charge is 0.246 e. The number of allylic oxidation sites excluding steroid dienone is 1. The maximum Gasteiger partial charge on any atom is 0.246 e. The Labute approximate surface area is 259 Å². The molecule has 3 heterocycles. The first-order valence-corrected chi connectivity index (χ1v) is 15.4. The third-order valence-electron chi connectivity index (χ3n) is 9.36. The summed E-state index contributed by atoms with van der Waals surface area (Å²) in [6, 6.07) is 17.2. The molecule has 44 heavy (non-hydrogen) atoms. The van der Waals surface area contributed by atoms with Crippen molar-refractivity contribution >= 4 is 28.1 Å². The second kappa shape index (κ2) is 12.4. The maximum absolute atomic E-state index is 12.6. The van der Waals surface area contributed by atoms with Crippen molar-refractivity contribution in [3.8, 4) is 18.0 Å². The number of anilines is 2. The molecule has 224 valence electrons. The second-order valence-electron chi connectivity index (χ2n) is 12.2. The molecule has 3 aliphatic rings. The fourth-order valence-electron chi connectivity index (χ4n) is 7.17. The van der Waals surface area contributed by atoms with Gasteiger partial charge in [0.1, 0.15) is 11.6 Å². The van der Waals surface area contributed by atoms with E-state index in [1.54, 1.807) is 4.90 Å². The number of aryl methyl sites for hydroxylation is 1. The van der Waals surface area contributed by atoms with Crippen molar-refractivity contribution in [2.24, 2.45) is 5.92 Å². The Balaban J connectivity index is 1.40. The van der Waals surface area contributed by atoms with Gasteiger partial charge in [-0.25, -0.2) is 4.98 Å². The fraction of sp³-hybridized carbons (Fsp3) is 0.389. The highest BCUT2D eigenvalue weighted by Gasteiger charge is 2.35. The molecular weight excluding hydrogens is 548 g/mol. The number of hydrogen-bond donors (Lipinski definition) is 0. The van der Waals surface area contributed by atoms with Crippen molar-refractivity contribution < 1.29 is 9.53 Å². The van der Waals surface area contributed by atoms with E-state index in [4.69, 9.17) is 9.72 Å². The number of carbonyl (C=O) groups is 1. The van der Waals surface area contributed by atoms with Crippen LogP contribution in [0.4, 0.5) is 11.4 Å². The van der Waals surface area contributed by atoms with Crippen LogP contribution >= 0.6 is 0 Å². The van der Waals surface area contributed by atoms with Crippen LogP contribution in [-0.2, 0) is 17.8 Å². The van der Waals surface area contributed by atoms with Gasteiger partial charge in [-0.2, -0.15) is 10.5 Å². The van der Waals surface area contributed by atoms with Crippen LogP contribution in [0.25, 0.3) is 10.8 Å². The molecule has 0 radical (unpaired) electrons. The van der Waals surface area contributed by atoms with Crippen LogP contribution in [0.3, 0.4) is 0 Å². The minimum atomic E-state index is -0.303. The van der Waals surface area contributed by atoms with Crippen molar-refractivity contribution in [2.75, 3.05) is 42.6 Å². The number of rotatable bonds is 7. The number of hydrogen-bond acceptors (Lipinski definition) is 7. The normalized spacial score (nSPS) is 19.8. The van der Waals surface area contributed by atoms with Crippen LogP contribution in [0.1, 0.15) is 48.1 Å². The third kappa shape index (κ3) is 5.49. The van der Waals surface area contributed by atoms with E-state index in [1.165, 1.54) is 33.7 Å². The van der Waals surface area contributed by atoms with Gasteiger partial charge in [0, 0.05) is 42.8 Å². The Morgan fingerprint density at radius 3 is 2.68 bits per heavy atom. The van der Waals surface area contributed by atoms with Gasteiger partial charge in [0.15, 0.2) is 0 Å². The highest BCUT2D eigenvalue weighted by molar-refractivity contribution is 5.97. The summed E-state index contributed by atoms with van der Waals surface area (Å²) in [5.74, 6) is 0.556. The quantitative estimate of drug-likeness (QED) is 0.254. The van der Waals surface area contributed by atoms with Gasteiger partial charge in [-0.1, -0.05) is 49.1 Å². The maximum atomic E-state index is 12.6. The highest BCUT2D eigenvalue weighted by atomic mass is 16.5. The zero-order chi connectivity index (χ0) is 30.8. The molecule has 0 spiro atoms. The molecule has 1 aliphatic carbocycles. The van der Waals surface area contributed by atoms with Crippen LogP contribution in [0.15, 0.2) is 61.2 Å². The molecule has 2 atom stereocenters. The molecule has 2 aliphatic heterocycles. The monoisotopic (exact) mass is 586 g/mol. The number of amides is 1. The summed E-state index contributed by atoms with van der Waals surface area (Å²) in [5, 5.41) is 22.6. The van der Waals surface area contributed by atoms with Gasteiger partial charge in [-0.15, -0.1) is 0 Å². The number of fused-ring (bicyclic) bond motifs is 2. The van der Waals surface area contributed by atoms with Gasteiger partial charge in [-0.3, -0.25) is 4.79 Å². The highest BCUT2D eigenvalue weighted by Crippen LogP contribution is 2.40. The molecule has 3 aromatic rings. The van der Waals surface area contributed by atoms with Crippen LogP contribution < -0.4 is 14.5 Å². The molecule has 0 N–H and O–H groups in total. The number of piperazine rings is 1. The van der Waals surface area contributed by atoms with Crippen LogP contribution in [-0.4, -0.2) is 54.6 Å². The minimum Gasteiger partial charge on any atom is -0.476 e. The van der Waals surface area contributed by atoms with E-state index >= 15 is 0 Å². The number of ether oxygens (including phenoxy) is 1. The molecule has 8 heteroatoms. The lowest BCUT2D eigenvalue weighted by atomic mass is 9.95. The average molecular weight is 587 g/mol. The number of nitrogens with zero attached hydrogens (tertiary/aromatic N) is 6. The van der Waals surface area contributed by atoms with Crippen LogP contribution in [0.2, 0.25) is 0 Å². The van der Waals surface area contributed by atoms with Gasteiger partial charge >= 0.3 is 0 Å². The fourth-order valence-corrected chi connectivity index (χ4v) is 7.17. The first-order valence-electron chi connectivity index (χ1n) is 15.4. The number of aromatic nitrogens is 1. The summed E-state index contributed by atoms with van der Waals surface area (Å²) in [6.45, 7) is 13.2. The number of nitriles is 2. The lowest BCUT2D eigenvalue weighted by Gasteiger charge is -2.43. The summed E-state index contributed by atoms with van der Waals surface area (Å²) >= 11 is 0. The summed E-state index contributed by atoms with van der Waals surface area (Å²) in [7, 11) is 0. The Morgan fingerprint density at radius 1 is 1.14 bits per heavy atom. The lowest BCUT2D eigenvalue weighted by Crippen LogP contribution is -2.55. The minimum absolute atomic E-state index is 0.176. The largest absolute Gasteiger partial charge is 0.476 e. The average Bonchev–Trinajstić information content (AvgIpc) is 3.47. The third-order valence-corrected chi connectivity index (χ3v) is 9.36. The summed E-state index contributed by atoms with van der Waals surface area (Å²) in [6.07, 6.45) is 5.20. The lowest BCUT2D eigenvalue weighted by molar-refractivity contribution is -0.128. The van der Waals surface area contributed by atoms with Crippen molar-refractivity contribution in [1.82, 2.24) is 9.88 Å². The Kier molecular flexibility index (Phi) is 8.26. The Hall–Kier alpha value is -4.82. The molecule has 1 saturated carbocycles. The van der Waals surface area contributed by atoms with Gasteiger partial charge in [0.25, 0.3) is 0 Å². The van der Waals surface area contributed by atoms with E-state index in [9.17, 15) is 15.3 Å². The van der Waals surface area contributed by atoms with E-state index < -0.39 is 0 Å². The van der Waals surface area contributed by atoms with Gasteiger partial charge in [0.2, 0.25) is 11.8 Å². The molecule has 8 nitrogen and oxygen atoms in total. The Bertz CT molecular complexity index is 1710. The van der Waals surface area contributed by atoms with Crippen LogP contribution in [0.5, 0.6) is 5.88 Å². The molecule has 1 saturated heterocycles. The van der Waals surface area contributed by atoms with Crippen molar-refractivity contribution in [2.45, 2.75) is 51.6 Å². The number of pyridine rings is 1. The van der Waals surface area contributed by atoms with E-state index in [0.29, 0.717) is 56.6 Å². The van der Waals surface area contributed by atoms with E-state index in [0.717, 1.165) is 42.8 Å². The van der Waals surface area contributed by atoms with Crippen LogP contribution in [0, 0.1) is 35.5 Å². The van der Waals surface area contributed by atoms with Gasteiger partial charge in [-0.05, 0) is 61.6 Å². The molecule has 1 amide bonds.